The van der Waals surface area contributed by atoms with Crippen molar-refractivity contribution in [3.05, 3.63) is 45.0 Å². The molecule has 1 aromatic carbocycles. The van der Waals surface area contributed by atoms with Gasteiger partial charge in [0.25, 0.3) is 0 Å². The van der Waals surface area contributed by atoms with Crippen molar-refractivity contribution in [3.63, 3.8) is 0 Å². The lowest BCUT2D eigenvalue weighted by Gasteiger charge is -2.08. The number of benzene rings is 1. The standard InChI is InChI=1S/C12H8Br2O3/c1-16-12(15)8-5-7(13)6-9(14)11(8)10-3-2-4-17-10/h2-6H,1H3. The van der Waals surface area contributed by atoms with Crippen molar-refractivity contribution in [1.29, 1.82) is 0 Å². The van der Waals surface area contributed by atoms with Crippen molar-refractivity contribution in [1.82, 2.24) is 0 Å². The summed E-state index contributed by atoms with van der Waals surface area (Å²) in [6, 6.07) is 7.12. The molecule has 0 spiro atoms. The molecule has 2 aromatic rings. The minimum absolute atomic E-state index is 0.404. The van der Waals surface area contributed by atoms with Gasteiger partial charge < -0.3 is 9.15 Å². The van der Waals surface area contributed by atoms with Gasteiger partial charge in [0, 0.05) is 14.5 Å². The molecule has 5 heteroatoms. The molecular formula is C12H8Br2O3. The Hall–Kier alpha value is -1.07. The van der Waals surface area contributed by atoms with Gasteiger partial charge in [0.1, 0.15) is 5.76 Å². The van der Waals surface area contributed by atoms with Gasteiger partial charge in [0.05, 0.1) is 18.9 Å². The highest BCUT2D eigenvalue weighted by molar-refractivity contribution is 9.11. The van der Waals surface area contributed by atoms with E-state index in [-0.39, 0.29) is 0 Å². The molecule has 0 atom stereocenters. The summed E-state index contributed by atoms with van der Waals surface area (Å²) in [4.78, 5) is 11.7. The maximum Gasteiger partial charge on any atom is 0.338 e. The summed E-state index contributed by atoms with van der Waals surface area (Å²) in [5, 5.41) is 0. The zero-order chi connectivity index (χ0) is 12.4. The number of rotatable bonds is 2. The first kappa shape index (κ1) is 12.4. The van der Waals surface area contributed by atoms with E-state index in [0.717, 1.165) is 8.95 Å². The highest BCUT2D eigenvalue weighted by atomic mass is 79.9. The van der Waals surface area contributed by atoms with Crippen molar-refractivity contribution in [2.45, 2.75) is 0 Å². The first-order valence-corrected chi connectivity index (χ1v) is 6.33. The van der Waals surface area contributed by atoms with Gasteiger partial charge in [0.2, 0.25) is 0 Å². The average molecular weight is 360 g/mol. The van der Waals surface area contributed by atoms with E-state index in [9.17, 15) is 4.79 Å². The van der Waals surface area contributed by atoms with E-state index in [2.05, 4.69) is 31.9 Å². The monoisotopic (exact) mass is 358 g/mol. The highest BCUT2D eigenvalue weighted by Crippen LogP contribution is 2.35. The molecule has 1 aromatic heterocycles. The predicted octanol–water partition coefficient (Wildman–Crippen LogP) is 4.26. The number of hydrogen-bond donors (Lipinski definition) is 0. The molecule has 0 saturated heterocycles. The Bertz CT molecular complexity index is 547. The number of furan rings is 1. The molecule has 0 aliphatic rings. The summed E-state index contributed by atoms with van der Waals surface area (Å²) < 4.78 is 11.6. The fraction of sp³-hybridized carbons (Fsp3) is 0.0833. The first-order chi connectivity index (χ1) is 8.13. The summed E-state index contributed by atoms with van der Waals surface area (Å²) in [6.07, 6.45) is 1.56. The smallest absolute Gasteiger partial charge is 0.338 e. The van der Waals surface area contributed by atoms with Crippen molar-refractivity contribution in [3.8, 4) is 11.3 Å². The Morgan fingerprint density at radius 3 is 2.71 bits per heavy atom. The highest BCUT2D eigenvalue weighted by Gasteiger charge is 2.19. The third kappa shape index (κ3) is 2.45. The fourth-order valence-corrected chi connectivity index (χ4v) is 2.94. The maximum absolute atomic E-state index is 11.7. The molecule has 0 amide bonds. The SMILES string of the molecule is COC(=O)c1cc(Br)cc(Br)c1-c1ccco1. The summed E-state index contributed by atoms with van der Waals surface area (Å²) >= 11 is 6.76. The number of methoxy groups -OCH3 is 1. The predicted molar refractivity (Wildman–Crippen MR) is 70.9 cm³/mol. The van der Waals surface area contributed by atoms with E-state index >= 15 is 0 Å². The summed E-state index contributed by atoms with van der Waals surface area (Å²) in [5.74, 6) is 0.211. The number of carbonyl (C=O) groups is 1. The van der Waals surface area contributed by atoms with E-state index < -0.39 is 5.97 Å². The third-order valence-electron chi connectivity index (χ3n) is 2.23. The normalized spacial score (nSPS) is 10.3. The number of hydrogen-bond acceptors (Lipinski definition) is 3. The Morgan fingerprint density at radius 2 is 2.12 bits per heavy atom. The van der Waals surface area contributed by atoms with E-state index in [1.807, 2.05) is 6.07 Å². The van der Waals surface area contributed by atoms with Gasteiger partial charge in [-0.05, 0) is 40.2 Å². The second kappa shape index (κ2) is 5.06. The van der Waals surface area contributed by atoms with Crippen LogP contribution < -0.4 is 0 Å². The Balaban J connectivity index is 2.68. The summed E-state index contributed by atoms with van der Waals surface area (Å²) in [7, 11) is 1.35. The van der Waals surface area contributed by atoms with Crippen LogP contribution in [0.1, 0.15) is 10.4 Å². The van der Waals surface area contributed by atoms with Crippen LogP contribution in [0.25, 0.3) is 11.3 Å². The zero-order valence-corrected chi connectivity index (χ0v) is 12.0. The molecule has 17 heavy (non-hydrogen) atoms. The lowest BCUT2D eigenvalue weighted by atomic mass is 10.1. The Kier molecular flexibility index (Phi) is 3.69. The van der Waals surface area contributed by atoms with Gasteiger partial charge in [-0.2, -0.15) is 0 Å². The number of halogens is 2. The first-order valence-electron chi connectivity index (χ1n) is 4.74. The molecule has 0 fully saturated rings. The minimum Gasteiger partial charge on any atom is -0.465 e. The van der Waals surface area contributed by atoms with Crippen LogP contribution in [0, 0.1) is 0 Å². The minimum atomic E-state index is -0.404. The lowest BCUT2D eigenvalue weighted by molar-refractivity contribution is 0.0601. The molecule has 0 saturated carbocycles. The number of carbonyl (C=O) groups excluding carboxylic acids is 1. The quantitative estimate of drug-likeness (QED) is 0.752. The summed E-state index contributed by atoms with van der Waals surface area (Å²) in [5.41, 5.74) is 1.13. The lowest BCUT2D eigenvalue weighted by Crippen LogP contribution is -2.04. The third-order valence-corrected chi connectivity index (χ3v) is 3.31. The van der Waals surface area contributed by atoms with Gasteiger partial charge in [-0.1, -0.05) is 15.9 Å². The van der Waals surface area contributed by atoms with Crippen LogP contribution >= 0.6 is 31.9 Å². The molecule has 88 valence electrons. The molecule has 0 aliphatic heterocycles. The van der Waals surface area contributed by atoms with Crippen molar-refractivity contribution >= 4 is 37.8 Å². The van der Waals surface area contributed by atoms with Gasteiger partial charge in [-0.25, -0.2) is 4.79 Å². The van der Waals surface area contributed by atoms with Gasteiger partial charge in [-0.3, -0.25) is 0 Å². The Morgan fingerprint density at radius 1 is 1.35 bits per heavy atom. The molecule has 3 nitrogen and oxygen atoms in total. The molecule has 0 radical (unpaired) electrons. The molecule has 2 rings (SSSR count). The van der Waals surface area contributed by atoms with E-state index in [1.54, 1.807) is 24.5 Å². The maximum atomic E-state index is 11.7. The molecular weight excluding hydrogens is 352 g/mol. The zero-order valence-electron chi connectivity index (χ0n) is 8.87. The molecule has 0 N–H and O–H groups in total. The van der Waals surface area contributed by atoms with Crippen LogP contribution in [0.2, 0.25) is 0 Å². The van der Waals surface area contributed by atoms with Crippen molar-refractivity contribution in [2.24, 2.45) is 0 Å². The molecule has 0 bridgehead atoms. The number of esters is 1. The van der Waals surface area contributed by atoms with Gasteiger partial charge in [-0.15, -0.1) is 0 Å². The van der Waals surface area contributed by atoms with Gasteiger partial charge in [0.15, 0.2) is 0 Å². The van der Waals surface area contributed by atoms with Crippen LogP contribution in [0.15, 0.2) is 43.9 Å². The fourth-order valence-electron chi connectivity index (χ4n) is 1.52. The summed E-state index contributed by atoms with van der Waals surface area (Å²) in [6.45, 7) is 0. The molecule has 0 aliphatic carbocycles. The van der Waals surface area contributed by atoms with Gasteiger partial charge >= 0.3 is 5.97 Å². The van der Waals surface area contributed by atoms with E-state index in [4.69, 9.17) is 9.15 Å². The van der Waals surface area contributed by atoms with Crippen LogP contribution in [0.5, 0.6) is 0 Å². The second-order valence-electron chi connectivity index (χ2n) is 3.28. The number of ether oxygens (including phenoxy) is 1. The molecule has 0 unspecified atom stereocenters. The van der Waals surface area contributed by atoms with Crippen molar-refractivity contribution < 1.29 is 13.9 Å². The van der Waals surface area contributed by atoms with E-state index in [1.165, 1.54) is 7.11 Å². The Labute approximate surface area is 115 Å². The second-order valence-corrected chi connectivity index (χ2v) is 5.05. The average Bonchev–Trinajstić information content (AvgIpc) is 2.80. The van der Waals surface area contributed by atoms with Crippen LogP contribution in [0.3, 0.4) is 0 Å². The van der Waals surface area contributed by atoms with Crippen LogP contribution in [-0.4, -0.2) is 13.1 Å². The molecule has 1 heterocycles. The van der Waals surface area contributed by atoms with Crippen molar-refractivity contribution in [2.75, 3.05) is 7.11 Å². The largest absolute Gasteiger partial charge is 0.465 e. The van der Waals surface area contributed by atoms with Crippen LogP contribution in [0.4, 0.5) is 0 Å². The van der Waals surface area contributed by atoms with Crippen LogP contribution in [-0.2, 0) is 4.74 Å². The van der Waals surface area contributed by atoms with E-state index in [0.29, 0.717) is 16.9 Å². The topological polar surface area (TPSA) is 39.4 Å².